The molecule has 0 fully saturated rings. The standard InChI is InChI=1S/C17H14ClNO3/c18-14-6-4-5-13(11-14)9-10-17(21)22-12-16(20)19-15-7-2-1-3-8-15/h1-11H,12H2,(H,19,20)/b10-9+. The fourth-order valence-corrected chi connectivity index (χ4v) is 1.88. The molecule has 0 atom stereocenters. The number of amides is 1. The Hall–Kier alpha value is -2.59. The Morgan fingerprint density at radius 3 is 2.59 bits per heavy atom. The average Bonchev–Trinajstić information content (AvgIpc) is 2.52. The van der Waals surface area contributed by atoms with Gasteiger partial charge in [-0.3, -0.25) is 4.79 Å². The minimum Gasteiger partial charge on any atom is -0.452 e. The van der Waals surface area contributed by atoms with Crippen molar-refractivity contribution in [2.75, 3.05) is 11.9 Å². The van der Waals surface area contributed by atoms with Crippen LogP contribution in [0.3, 0.4) is 0 Å². The molecule has 0 aliphatic carbocycles. The first-order valence-corrected chi connectivity index (χ1v) is 6.96. The zero-order valence-corrected chi connectivity index (χ0v) is 12.4. The molecule has 22 heavy (non-hydrogen) atoms. The van der Waals surface area contributed by atoms with Crippen molar-refractivity contribution in [3.8, 4) is 0 Å². The van der Waals surface area contributed by atoms with Crippen LogP contribution >= 0.6 is 11.6 Å². The first kappa shape index (κ1) is 15.8. The molecule has 0 aliphatic rings. The van der Waals surface area contributed by atoms with Gasteiger partial charge in [0.25, 0.3) is 5.91 Å². The van der Waals surface area contributed by atoms with E-state index in [1.807, 2.05) is 6.07 Å². The van der Waals surface area contributed by atoms with Gasteiger partial charge < -0.3 is 10.1 Å². The molecule has 1 amide bonds. The highest BCUT2D eigenvalue weighted by atomic mass is 35.5. The Kier molecular flexibility index (Phi) is 5.74. The van der Waals surface area contributed by atoms with Gasteiger partial charge in [0.1, 0.15) is 0 Å². The number of hydrogen-bond donors (Lipinski definition) is 1. The van der Waals surface area contributed by atoms with Gasteiger partial charge in [0.05, 0.1) is 0 Å². The van der Waals surface area contributed by atoms with Gasteiger partial charge in [0.2, 0.25) is 0 Å². The van der Waals surface area contributed by atoms with E-state index in [-0.39, 0.29) is 6.61 Å². The molecule has 0 radical (unpaired) electrons. The molecule has 2 aromatic rings. The fraction of sp³-hybridized carbons (Fsp3) is 0.0588. The minimum absolute atomic E-state index is 0.340. The van der Waals surface area contributed by atoms with Gasteiger partial charge in [-0.2, -0.15) is 0 Å². The molecule has 0 bridgehead atoms. The van der Waals surface area contributed by atoms with Gasteiger partial charge in [-0.25, -0.2) is 4.79 Å². The van der Waals surface area contributed by atoms with E-state index < -0.39 is 11.9 Å². The van der Waals surface area contributed by atoms with Crippen LogP contribution in [0.1, 0.15) is 5.56 Å². The number of carbonyl (C=O) groups excluding carboxylic acids is 2. The van der Waals surface area contributed by atoms with Crippen molar-refractivity contribution in [3.05, 3.63) is 71.3 Å². The average molecular weight is 316 g/mol. The summed E-state index contributed by atoms with van der Waals surface area (Å²) in [5, 5.41) is 3.20. The van der Waals surface area contributed by atoms with Gasteiger partial charge >= 0.3 is 5.97 Å². The largest absolute Gasteiger partial charge is 0.452 e. The number of carbonyl (C=O) groups is 2. The van der Waals surface area contributed by atoms with E-state index in [2.05, 4.69) is 5.32 Å². The smallest absolute Gasteiger partial charge is 0.331 e. The molecule has 0 aromatic heterocycles. The second-order valence-corrected chi connectivity index (χ2v) is 4.85. The van der Waals surface area contributed by atoms with Crippen molar-refractivity contribution in [2.45, 2.75) is 0 Å². The maximum Gasteiger partial charge on any atom is 0.331 e. The molecule has 0 saturated heterocycles. The highest BCUT2D eigenvalue weighted by molar-refractivity contribution is 6.30. The summed E-state index contributed by atoms with van der Waals surface area (Å²) in [4.78, 5) is 23.1. The predicted molar refractivity (Wildman–Crippen MR) is 86.5 cm³/mol. The van der Waals surface area contributed by atoms with E-state index in [1.54, 1.807) is 54.6 Å². The summed E-state index contributed by atoms with van der Waals surface area (Å²) in [7, 11) is 0. The second kappa shape index (κ2) is 8.00. The lowest BCUT2D eigenvalue weighted by atomic mass is 10.2. The fourth-order valence-electron chi connectivity index (χ4n) is 1.68. The normalized spacial score (nSPS) is 10.4. The highest BCUT2D eigenvalue weighted by Gasteiger charge is 2.05. The Labute approximate surface area is 133 Å². The maximum absolute atomic E-state index is 11.6. The van der Waals surface area contributed by atoms with Crippen LogP contribution in [0.2, 0.25) is 5.02 Å². The molecule has 0 unspecified atom stereocenters. The molecule has 0 spiro atoms. The van der Waals surface area contributed by atoms with E-state index in [4.69, 9.17) is 16.3 Å². The second-order valence-electron chi connectivity index (χ2n) is 4.41. The summed E-state index contributed by atoms with van der Waals surface area (Å²) in [5.41, 5.74) is 1.43. The minimum atomic E-state index is -0.594. The van der Waals surface area contributed by atoms with Gasteiger partial charge in [0, 0.05) is 16.8 Å². The molecule has 1 N–H and O–H groups in total. The highest BCUT2D eigenvalue weighted by Crippen LogP contribution is 2.11. The van der Waals surface area contributed by atoms with E-state index >= 15 is 0 Å². The summed E-state index contributed by atoms with van der Waals surface area (Å²) in [6, 6.07) is 16.0. The molecular weight excluding hydrogens is 302 g/mol. The molecule has 2 rings (SSSR count). The third-order valence-electron chi connectivity index (χ3n) is 2.66. The molecule has 0 saturated carbocycles. The zero-order valence-electron chi connectivity index (χ0n) is 11.7. The van der Waals surface area contributed by atoms with Crippen LogP contribution in [0.5, 0.6) is 0 Å². The third-order valence-corrected chi connectivity index (χ3v) is 2.90. The topological polar surface area (TPSA) is 55.4 Å². The summed E-state index contributed by atoms with van der Waals surface area (Å²) in [6.07, 6.45) is 2.82. The van der Waals surface area contributed by atoms with Crippen molar-refractivity contribution in [1.82, 2.24) is 0 Å². The number of para-hydroxylation sites is 1. The van der Waals surface area contributed by atoms with E-state index in [1.165, 1.54) is 6.08 Å². The lowest BCUT2D eigenvalue weighted by Crippen LogP contribution is -2.20. The van der Waals surface area contributed by atoms with Crippen LogP contribution in [0.25, 0.3) is 6.08 Å². The number of hydrogen-bond acceptors (Lipinski definition) is 3. The maximum atomic E-state index is 11.6. The summed E-state index contributed by atoms with van der Waals surface area (Å²) in [5.74, 6) is -0.987. The first-order valence-electron chi connectivity index (χ1n) is 6.59. The van der Waals surface area contributed by atoms with Gasteiger partial charge in [-0.1, -0.05) is 41.9 Å². The SMILES string of the molecule is O=C(COC(=O)/C=C/c1cccc(Cl)c1)Nc1ccccc1. The lowest BCUT2D eigenvalue weighted by Gasteiger charge is -2.04. The van der Waals surface area contributed by atoms with E-state index in [0.717, 1.165) is 5.56 Å². The predicted octanol–water partition coefficient (Wildman–Crippen LogP) is 3.54. The van der Waals surface area contributed by atoms with E-state index in [9.17, 15) is 9.59 Å². The van der Waals surface area contributed by atoms with Crippen LogP contribution in [-0.4, -0.2) is 18.5 Å². The lowest BCUT2D eigenvalue weighted by molar-refractivity contribution is -0.142. The number of ether oxygens (including phenoxy) is 1. The third kappa shape index (κ3) is 5.42. The Morgan fingerprint density at radius 1 is 1.09 bits per heavy atom. The van der Waals surface area contributed by atoms with Crippen LogP contribution in [0, 0.1) is 0 Å². The molecule has 4 nitrogen and oxygen atoms in total. The van der Waals surface area contributed by atoms with Crippen molar-refractivity contribution in [1.29, 1.82) is 0 Å². The Morgan fingerprint density at radius 2 is 1.86 bits per heavy atom. The number of esters is 1. The summed E-state index contributed by atoms with van der Waals surface area (Å²) in [6.45, 7) is -0.340. The number of rotatable bonds is 5. The summed E-state index contributed by atoms with van der Waals surface area (Å²) >= 11 is 5.84. The van der Waals surface area contributed by atoms with Crippen LogP contribution in [0.15, 0.2) is 60.7 Å². The molecule has 0 aliphatic heterocycles. The van der Waals surface area contributed by atoms with Gasteiger partial charge in [-0.15, -0.1) is 0 Å². The number of nitrogens with one attached hydrogen (secondary N) is 1. The van der Waals surface area contributed by atoms with Crippen molar-refractivity contribution < 1.29 is 14.3 Å². The number of halogens is 1. The molecular formula is C17H14ClNO3. The van der Waals surface area contributed by atoms with E-state index in [0.29, 0.717) is 10.7 Å². The van der Waals surface area contributed by atoms with Crippen LogP contribution in [0.4, 0.5) is 5.69 Å². The van der Waals surface area contributed by atoms with Gasteiger partial charge in [0.15, 0.2) is 6.61 Å². The molecule has 0 heterocycles. The Bertz CT molecular complexity index is 683. The van der Waals surface area contributed by atoms with Crippen molar-refractivity contribution in [2.24, 2.45) is 0 Å². The van der Waals surface area contributed by atoms with Crippen LogP contribution in [-0.2, 0) is 14.3 Å². The van der Waals surface area contributed by atoms with Gasteiger partial charge in [-0.05, 0) is 35.9 Å². The molecule has 2 aromatic carbocycles. The first-order chi connectivity index (χ1) is 10.6. The van der Waals surface area contributed by atoms with Crippen molar-refractivity contribution >= 4 is 35.2 Å². The van der Waals surface area contributed by atoms with Crippen LogP contribution < -0.4 is 5.32 Å². The molecule has 112 valence electrons. The Balaban J connectivity index is 1.79. The number of benzene rings is 2. The quantitative estimate of drug-likeness (QED) is 0.678. The molecule has 5 heteroatoms. The summed E-state index contributed by atoms with van der Waals surface area (Å²) < 4.78 is 4.86. The van der Waals surface area contributed by atoms with Crippen molar-refractivity contribution in [3.63, 3.8) is 0 Å². The number of anilines is 1. The zero-order chi connectivity index (χ0) is 15.8. The monoisotopic (exact) mass is 315 g/mol.